The van der Waals surface area contributed by atoms with Crippen LogP contribution in [0.3, 0.4) is 0 Å². The molecule has 1 aromatic heterocycles. The van der Waals surface area contributed by atoms with Crippen LogP contribution in [0.15, 0.2) is 95.0 Å². The lowest BCUT2D eigenvalue weighted by Crippen LogP contribution is -2.16. The fourth-order valence-electron chi connectivity index (χ4n) is 6.34. The second-order valence-corrected chi connectivity index (χ2v) is 15.8. The molecule has 1 heterocycles. The van der Waals surface area contributed by atoms with Crippen molar-refractivity contribution in [1.82, 2.24) is 9.97 Å². The number of hydrogen-bond acceptors (Lipinski definition) is 11. The van der Waals surface area contributed by atoms with E-state index in [4.69, 9.17) is 17.9 Å². The number of carbonyl (C=O) groups excluding carboxylic acids is 4. The SMILES string of the molecule is C#Cc1cccc(C(=O)Cc2cc(C(F)(F)F)cc(CC(=O)c3cc(C(=O)Cc4cc(C(F)(F)F)cc(CC(=O)c5cccc(C#N)c5)c4SCCN)ncn3)c2SCCN)c1. The maximum absolute atomic E-state index is 14.3. The van der Waals surface area contributed by atoms with Gasteiger partial charge in [-0.1, -0.05) is 30.2 Å². The Morgan fingerprint density at radius 1 is 0.597 bits per heavy atom. The van der Waals surface area contributed by atoms with E-state index in [-0.39, 0.29) is 84.7 Å². The summed E-state index contributed by atoms with van der Waals surface area (Å²) in [4.78, 5) is 62.6. The van der Waals surface area contributed by atoms with Gasteiger partial charge in [-0.3, -0.25) is 19.2 Å². The maximum atomic E-state index is 14.3. The number of aromatic nitrogens is 2. The minimum atomic E-state index is -4.88. The first kappa shape index (κ1) is 46.9. The molecular weight excluding hydrogens is 853 g/mol. The van der Waals surface area contributed by atoms with Crippen LogP contribution in [-0.4, -0.2) is 57.7 Å². The average molecular weight is 888 g/mol. The second kappa shape index (κ2) is 20.6. The van der Waals surface area contributed by atoms with E-state index in [2.05, 4.69) is 15.9 Å². The molecule has 0 saturated heterocycles. The van der Waals surface area contributed by atoms with Crippen molar-refractivity contribution in [1.29, 1.82) is 5.26 Å². The number of hydrogen-bond donors (Lipinski definition) is 2. The second-order valence-electron chi connectivity index (χ2n) is 13.6. The molecule has 0 atom stereocenters. The lowest BCUT2D eigenvalue weighted by Gasteiger charge is -2.18. The number of Topliss-reactive ketones (excluding diaryl/α,β-unsaturated/α-hetero) is 4. The molecule has 0 fully saturated rings. The smallest absolute Gasteiger partial charge is 0.330 e. The number of thioether (sulfide) groups is 2. The largest absolute Gasteiger partial charge is 0.416 e. The molecule has 5 aromatic rings. The van der Waals surface area contributed by atoms with Crippen LogP contribution in [0.5, 0.6) is 0 Å². The summed E-state index contributed by atoms with van der Waals surface area (Å²) in [6.45, 7) is 0.213. The Morgan fingerprint density at radius 2 is 0.984 bits per heavy atom. The fraction of sp³-hybridized carbons (Fsp3) is 0.222. The van der Waals surface area contributed by atoms with Crippen molar-refractivity contribution in [3.8, 4) is 18.4 Å². The van der Waals surface area contributed by atoms with Gasteiger partial charge in [0.1, 0.15) is 17.7 Å². The Morgan fingerprint density at radius 3 is 1.35 bits per heavy atom. The van der Waals surface area contributed by atoms with E-state index < -0.39 is 72.3 Å². The van der Waals surface area contributed by atoms with Crippen LogP contribution in [-0.2, 0) is 38.0 Å². The Hall–Kier alpha value is -6.11. The first-order valence-electron chi connectivity index (χ1n) is 18.6. The van der Waals surface area contributed by atoms with E-state index in [1.807, 2.05) is 6.07 Å². The zero-order valence-electron chi connectivity index (χ0n) is 32.5. The molecule has 0 radical (unpaired) electrons. The van der Waals surface area contributed by atoms with Gasteiger partial charge in [-0.25, -0.2) is 9.97 Å². The highest BCUT2D eigenvalue weighted by molar-refractivity contribution is 7.99. The summed E-state index contributed by atoms with van der Waals surface area (Å²) in [7, 11) is 0. The van der Waals surface area contributed by atoms with Gasteiger partial charge >= 0.3 is 12.4 Å². The van der Waals surface area contributed by atoms with Crippen LogP contribution in [0.25, 0.3) is 0 Å². The van der Waals surface area contributed by atoms with Crippen LogP contribution in [0.4, 0.5) is 26.3 Å². The Balaban J connectivity index is 1.49. The van der Waals surface area contributed by atoms with E-state index in [1.165, 1.54) is 36.4 Å². The Labute approximate surface area is 360 Å². The van der Waals surface area contributed by atoms with Crippen LogP contribution < -0.4 is 11.5 Å². The lowest BCUT2D eigenvalue weighted by atomic mass is 9.95. The number of nitrogens with zero attached hydrogens (tertiary/aromatic N) is 3. The van der Waals surface area contributed by atoms with Gasteiger partial charge in [-0.05, 0) is 76.9 Å². The third-order valence-corrected chi connectivity index (χ3v) is 11.7. The maximum Gasteiger partial charge on any atom is 0.416 e. The summed E-state index contributed by atoms with van der Waals surface area (Å²) < 4.78 is 85.6. The van der Waals surface area contributed by atoms with Gasteiger partial charge in [0.2, 0.25) is 0 Å². The van der Waals surface area contributed by atoms with Crippen molar-refractivity contribution in [2.24, 2.45) is 11.5 Å². The van der Waals surface area contributed by atoms with Crippen LogP contribution in [0, 0.1) is 23.7 Å². The van der Waals surface area contributed by atoms with Crippen LogP contribution in [0.1, 0.15) is 86.2 Å². The summed E-state index contributed by atoms with van der Waals surface area (Å²) in [5.74, 6) is 0.0724. The predicted octanol–water partition coefficient (Wildman–Crippen LogP) is 8.17. The van der Waals surface area contributed by atoms with Gasteiger partial charge in [-0.2, -0.15) is 31.6 Å². The van der Waals surface area contributed by atoms with Crippen LogP contribution >= 0.6 is 23.5 Å². The standard InChI is InChI=1S/C45H35F6N5O4S2/c1-2-26-5-3-7-28(13-26)38(57)19-30-15-34(44(46,47)48)17-32(42(30)61-11-9-52)21-40(59)36-23-37(56-25-55-36)41(60)22-33-18-35(45(49,50)51)16-31(43(33)62-12-10-53)20-39(58)29-8-4-6-27(14-29)24-54/h1,3-8,13-18,23,25H,9-12,19-22,52-53H2. The minimum Gasteiger partial charge on any atom is -0.330 e. The van der Waals surface area contributed by atoms with Gasteiger partial charge in [0, 0.05) is 76.8 Å². The summed E-state index contributed by atoms with van der Waals surface area (Å²) >= 11 is 2.10. The molecule has 0 unspecified atom stereocenters. The number of terminal acetylenes is 1. The molecule has 0 spiro atoms. The van der Waals surface area contributed by atoms with Crippen molar-refractivity contribution in [2.45, 2.75) is 47.8 Å². The molecule has 0 amide bonds. The van der Waals surface area contributed by atoms with E-state index in [0.717, 1.165) is 60.2 Å². The highest BCUT2D eigenvalue weighted by Gasteiger charge is 2.34. The molecule has 0 aliphatic carbocycles. The molecule has 0 bridgehead atoms. The number of ketones is 4. The van der Waals surface area contributed by atoms with Crippen molar-refractivity contribution < 1.29 is 45.5 Å². The zero-order chi connectivity index (χ0) is 45.2. The summed E-state index contributed by atoms with van der Waals surface area (Å²) in [6, 6.07) is 17.9. The van der Waals surface area contributed by atoms with Gasteiger partial charge < -0.3 is 11.5 Å². The molecule has 0 aliphatic heterocycles. The number of alkyl halides is 6. The third kappa shape index (κ3) is 12.0. The Bertz CT molecular complexity index is 2440. The van der Waals surface area contributed by atoms with E-state index >= 15 is 0 Å². The molecule has 0 aliphatic rings. The highest BCUT2D eigenvalue weighted by atomic mass is 32.2. The van der Waals surface area contributed by atoms with E-state index in [1.54, 1.807) is 12.1 Å². The monoisotopic (exact) mass is 887 g/mol. The fourth-order valence-corrected chi connectivity index (χ4v) is 8.25. The molecule has 62 heavy (non-hydrogen) atoms. The number of carbonyl (C=O) groups is 4. The normalized spacial score (nSPS) is 11.5. The summed E-state index contributed by atoms with van der Waals surface area (Å²) in [5.41, 5.74) is 9.09. The van der Waals surface area contributed by atoms with Gasteiger partial charge in [-0.15, -0.1) is 29.9 Å². The molecule has 0 saturated carbocycles. The third-order valence-electron chi connectivity index (χ3n) is 9.18. The Kier molecular flexibility index (Phi) is 15.6. The molecule has 9 nitrogen and oxygen atoms in total. The minimum absolute atomic E-state index is 0.00288. The van der Waals surface area contributed by atoms with Crippen LogP contribution in [0.2, 0.25) is 0 Å². The molecule has 5 rings (SSSR count). The van der Waals surface area contributed by atoms with E-state index in [0.29, 0.717) is 5.56 Å². The van der Waals surface area contributed by atoms with Crippen molar-refractivity contribution in [2.75, 3.05) is 24.6 Å². The number of benzene rings is 4. The number of nitrogens with two attached hydrogens (primary N) is 2. The topological polar surface area (TPSA) is 170 Å². The lowest BCUT2D eigenvalue weighted by molar-refractivity contribution is -0.138. The quantitative estimate of drug-likeness (QED) is 0.0377. The first-order valence-corrected chi connectivity index (χ1v) is 20.6. The van der Waals surface area contributed by atoms with E-state index in [9.17, 15) is 50.8 Å². The van der Waals surface area contributed by atoms with Gasteiger partial charge in [0.25, 0.3) is 0 Å². The molecular formula is C45H35F6N5O4S2. The number of nitriles is 1. The predicted molar refractivity (Wildman–Crippen MR) is 222 cm³/mol. The van der Waals surface area contributed by atoms with Gasteiger partial charge in [0.15, 0.2) is 23.1 Å². The number of halogens is 6. The highest BCUT2D eigenvalue weighted by Crippen LogP contribution is 2.39. The van der Waals surface area contributed by atoms with Crippen molar-refractivity contribution >= 4 is 46.7 Å². The van der Waals surface area contributed by atoms with Gasteiger partial charge in [0.05, 0.1) is 22.8 Å². The van der Waals surface area contributed by atoms with Crippen molar-refractivity contribution in [3.63, 3.8) is 0 Å². The first-order chi connectivity index (χ1) is 29.4. The summed E-state index contributed by atoms with van der Waals surface area (Å²) in [6.07, 6.45) is -5.71. The molecule has 318 valence electrons. The van der Waals surface area contributed by atoms with Crippen molar-refractivity contribution in [3.05, 3.63) is 152 Å². The zero-order valence-corrected chi connectivity index (χ0v) is 34.2. The average Bonchev–Trinajstić information content (AvgIpc) is 3.24. The molecule has 4 aromatic carbocycles. The molecule has 4 N–H and O–H groups in total. The summed E-state index contributed by atoms with van der Waals surface area (Å²) in [5, 5.41) is 9.27. The number of rotatable bonds is 18. The molecule has 17 heteroatoms.